The van der Waals surface area contributed by atoms with Crippen LogP contribution in [0.15, 0.2) is 47.5 Å². The predicted octanol–water partition coefficient (Wildman–Crippen LogP) is 1.38. The topological polar surface area (TPSA) is 72.7 Å². The largest absolute Gasteiger partial charge is 0.354 e. The molecule has 106 valence electrons. The standard InChI is InChI=1S/C15H15N5O/c1-20-13(21)6-5-11-10-18-15(19-14(11)20)17-9-7-12-4-2-3-8-16-12/h2-6,8,10H,7,9H2,1H3,(H,17,18,19). The minimum Gasteiger partial charge on any atom is -0.354 e. The third kappa shape index (κ3) is 2.89. The quantitative estimate of drug-likeness (QED) is 0.782. The smallest absolute Gasteiger partial charge is 0.251 e. The summed E-state index contributed by atoms with van der Waals surface area (Å²) in [7, 11) is 1.70. The summed E-state index contributed by atoms with van der Waals surface area (Å²) in [5, 5.41) is 3.99. The molecule has 1 N–H and O–H groups in total. The van der Waals surface area contributed by atoms with Gasteiger partial charge < -0.3 is 5.32 Å². The second-order valence-corrected chi connectivity index (χ2v) is 4.70. The first-order valence-electron chi connectivity index (χ1n) is 6.70. The number of aryl methyl sites for hydroxylation is 1. The number of nitrogens with one attached hydrogen (secondary N) is 1. The summed E-state index contributed by atoms with van der Waals surface area (Å²) in [4.78, 5) is 24.5. The molecule has 0 radical (unpaired) electrons. The van der Waals surface area contributed by atoms with Gasteiger partial charge in [-0.05, 0) is 18.2 Å². The van der Waals surface area contributed by atoms with E-state index in [4.69, 9.17) is 0 Å². The van der Waals surface area contributed by atoms with E-state index < -0.39 is 0 Å². The molecule has 0 unspecified atom stereocenters. The molecular weight excluding hydrogens is 266 g/mol. The second kappa shape index (κ2) is 5.70. The van der Waals surface area contributed by atoms with Gasteiger partial charge in [0.25, 0.3) is 5.56 Å². The molecule has 21 heavy (non-hydrogen) atoms. The molecule has 6 nitrogen and oxygen atoms in total. The van der Waals surface area contributed by atoms with Crippen LogP contribution in [0.5, 0.6) is 0 Å². The van der Waals surface area contributed by atoms with Crippen LogP contribution in [-0.4, -0.2) is 26.1 Å². The Kier molecular flexibility index (Phi) is 3.59. The first kappa shape index (κ1) is 13.2. The Balaban J connectivity index is 1.75. The zero-order chi connectivity index (χ0) is 14.7. The lowest BCUT2D eigenvalue weighted by atomic mass is 10.3. The summed E-state index contributed by atoms with van der Waals surface area (Å²) in [5.41, 5.74) is 1.55. The predicted molar refractivity (Wildman–Crippen MR) is 81.2 cm³/mol. The number of fused-ring (bicyclic) bond motifs is 1. The second-order valence-electron chi connectivity index (χ2n) is 4.70. The molecule has 3 aromatic heterocycles. The molecule has 3 heterocycles. The highest BCUT2D eigenvalue weighted by Gasteiger charge is 2.03. The molecule has 0 aromatic carbocycles. The van der Waals surface area contributed by atoms with E-state index >= 15 is 0 Å². The van der Waals surface area contributed by atoms with Crippen molar-refractivity contribution in [3.63, 3.8) is 0 Å². The van der Waals surface area contributed by atoms with E-state index in [0.717, 1.165) is 17.5 Å². The van der Waals surface area contributed by atoms with Gasteiger partial charge >= 0.3 is 0 Å². The van der Waals surface area contributed by atoms with Crippen LogP contribution in [0.1, 0.15) is 5.69 Å². The van der Waals surface area contributed by atoms with E-state index in [9.17, 15) is 4.79 Å². The molecule has 0 saturated heterocycles. The zero-order valence-corrected chi connectivity index (χ0v) is 11.7. The average Bonchev–Trinajstić information content (AvgIpc) is 2.52. The van der Waals surface area contributed by atoms with Crippen LogP contribution in [0.3, 0.4) is 0 Å². The highest BCUT2D eigenvalue weighted by molar-refractivity contribution is 5.74. The SMILES string of the molecule is Cn1c(=O)ccc2cnc(NCCc3ccccn3)nc21. The minimum atomic E-state index is -0.0827. The van der Waals surface area contributed by atoms with Crippen molar-refractivity contribution >= 4 is 17.0 Å². The maximum absolute atomic E-state index is 11.6. The molecule has 0 aliphatic heterocycles. The highest BCUT2D eigenvalue weighted by Crippen LogP contribution is 2.09. The molecule has 0 amide bonds. The summed E-state index contributed by atoms with van der Waals surface area (Å²) in [6.07, 6.45) is 4.28. The van der Waals surface area contributed by atoms with Crippen molar-refractivity contribution < 1.29 is 0 Å². The van der Waals surface area contributed by atoms with Crippen molar-refractivity contribution in [1.82, 2.24) is 19.5 Å². The van der Waals surface area contributed by atoms with Crippen LogP contribution in [0.4, 0.5) is 5.95 Å². The van der Waals surface area contributed by atoms with Gasteiger partial charge in [-0.3, -0.25) is 14.3 Å². The fourth-order valence-corrected chi connectivity index (χ4v) is 2.08. The number of rotatable bonds is 4. The molecule has 0 spiro atoms. The van der Waals surface area contributed by atoms with Crippen molar-refractivity contribution in [3.8, 4) is 0 Å². The normalized spacial score (nSPS) is 10.7. The van der Waals surface area contributed by atoms with Crippen LogP contribution in [-0.2, 0) is 13.5 Å². The zero-order valence-electron chi connectivity index (χ0n) is 11.7. The Bertz CT molecular complexity index is 813. The van der Waals surface area contributed by atoms with E-state index in [-0.39, 0.29) is 5.56 Å². The van der Waals surface area contributed by atoms with Crippen molar-refractivity contribution in [1.29, 1.82) is 0 Å². The first-order valence-corrected chi connectivity index (χ1v) is 6.70. The van der Waals surface area contributed by atoms with Gasteiger partial charge in [0.05, 0.1) is 0 Å². The summed E-state index contributed by atoms with van der Waals surface area (Å²) in [6, 6.07) is 9.08. The Morgan fingerprint density at radius 3 is 2.90 bits per heavy atom. The van der Waals surface area contributed by atoms with Crippen molar-refractivity contribution in [2.24, 2.45) is 7.05 Å². The van der Waals surface area contributed by atoms with E-state index in [1.165, 1.54) is 10.6 Å². The van der Waals surface area contributed by atoms with Gasteiger partial charge in [0.2, 0.25) is 5.95 Å². The van der Waals surface area contributed by atoms with Crippen LogP contribution in [0.25, 0.3) is 11.0 Å². The summed E-state index contributed by atoms with van der Waals surface area (Å²) >= 11 is 0. The third-order valence-corrected chi connectivity index (χ3v) is 3.24. The molecule has 0 bridgehead atoms. The molecule has 0 fully saturated rings. The average molecular weight is 281 g/mol. The van der Waals surface area contributed by atoms with Crippen LogP contribution in [0, 0.1) is 0 Å². The maximum Gasteiger partial charge on any atom is 0.251 e. The minimum absolute atomic E-state index is 0.0827. The van der Waals surface area contributed by atoms with Gasteiger partial charge in [-0.2, -0.15) is 4.98 Å². The lowest BCUT2D eigenvalue weighted by Gasteiger charge is -2.07. The Hall–Kier alpha value is -2.76. The number of hydrogen-bond donors (Lipinski definition) is 1. The highest BCUT2D eigenvalue weighted by atomic mass is 16.1. The monoisotopic (exact) mass is 281 g/mol. The summed E-state index contributed by atoms with van der Waals surface area (Å²) in [5.74, 6) is 0.514. The number of pyridine rings is 2. The Morgan fingerprint density at radius 2 is 2.10 bits per heavy atom. The number of hydrogen-bond acceptors (Lipinski definition) is 5. The van der Waals surface area contributed by atoms with E-state index in [0.29, 0.717) is 18.1 Å². The third-order valence-electron chi connectivity index (χ3n) is 3.24. The van der Waals surface area contributed by atoms with E-state index in [2.05, 4.69) is 20.3 Å². The molecule has 0 aliphatic rings. The molecule has 6 heteroatoms. The molecular formula is C15H15N5O. The molecule has 3 aromatic rings. The molecule has 3 rings (SSSR count). The first-order chi connectivity index (χ1) is 10.2. The molecule has 0 atom stereocenters. The van der Waals surface area contributed by atoms with Crippen molar-refractivity contribution in [2.75, 3.05) is 11.9 Å². The van der Waals surface area contributed by atoms with Gasteiger partial charge in [0, 0.05) is 49.6 Å². The molecule has 0 aliphatic carbocycles. The van der Waals surface area contributed by atoms with Gasteiger partial charge in [-0.15, -0.1) is 0 Å². The molecule has 0 saturated carbocycles. The van der Waals surface area contributed by atoms with Gasteiger partial charge in [-0.1, -0.05) is 6.07 Å². The fourth-order valence-electron chi connectivity index (χ4n) is 2.08. The number of nitrogens with zero attached hydrogens (tertiary/aromatic N) is 4. The summed E-state index contributed by atoms with van der Waals surface area (Å²) in [6.45, 7) is 0.684. The van der Waals surface area contributed by atoms with Gasteiger partial charge in [0.1, 0.15) is 5.65 Å². The Labute approximate surface area is 121 Å². The van der Waals surface area contributed by atoms with Gasteiger partial charge in [-0.25, -0.2) is 4.98 Å². The van der Waals surface area contributed by atoms with Crippen LogP contribution < -0.4 is 10.9 Å². The fraction of sp³-hybridized carbons (Fsp3) is 0.200. The van der Waals surface area contributed by atoms with Crippen molar-refractivity contribution in [3.05, 3.63) is 58.8 Å². The van der Waals surface area contributed by atoms with E-state index in [1.54, 1.807) is 25.5 Å². The lowest BCUT2D eigenvalue weighted by Crippen LogP contribution is -2.17. The van der Waals surface area contributed by atoms with Crippen LogP contribution in [0.2, 0.25) is 0 Å². The van der Waals surface area contributed by atoms with Gasteiger partial charge in [0.15, 0.2) is 0 Å². The number of anilines is 1. The lowest BCUT2D eigenvalue weighted by molar-refractivity contribution is 0.879. The van der Waals surface area contributed by atoms with E-state index in [1.807, 2.05) is 18.2 Å². The Morgan fingerprint density at radius 1 is 1.19 bits per heavy atom. The van der Waals surface area contributed by atoms with Crippen LogP contribution >= 0.6 is 0 Å². The summed E-state index contributed by atoms with van der Waals surface area (Å²) < 4.78 is 1.51. The number of aromatic nitrogens is 4. The van der Waals surface area contributed by atoms with Crippen molar-refractivity contribution in [2.45, 2.75) is 6.42 Å². The maximum atomic E-state index is 11.6.